The van der Waals surface area contributed by atoms with Gasteiger partial charge in [0.05, 0.1) is 6.07 Å². The van der Waals surface area contributed by atoms with Crippen molar-refractivity contribution in [3.8, 4) is 6.07 Å². The van der Waals surface area contributed by atoms with Crippen molar-refractivity contribution in [2.45, 2.75) is 45.4 Å². The predicted molar refractivity (Wildman–Crippen MR) is 57.8 cm³/mol. The van der Waals surface area contributed by atoms with E-state index in [1.54, 1.807) is 0 Å². The smallest absolute Gasteiger partial charge is 0.0943 e. The zero-order chi connectivity index (χ0) is 9.94. The molecule has 0 spiro atoms. The molecule has 0 fully saturated rings. The number of nitrogens with zero attached hydrogens (tertiary/aromatic N) is 1. The van der Waals surface area contributed by atoms with Gasteiger partial charge in [-0.1, -0.05) is 32.3 Å². The molecular formula is C11H18ClN. The Balaban J connectivity index is 3.55. The van der Waals surface area contributed by atoms with Gasteiger partial charge in [0.2, 0.25) is 0 Å². The monoisotopic (exact) mass is 199 g/mol. The molecule has 0 heterocycles. The van der Waals surface area contributed by atoms with Crippen LogP contribution in [0.5, 0.6) is 0 Å². The van der Waals surface area contributed by atoms with Crippen LogP contribution < -0.4 is 0 Å². The highest BCUT2D eigenvalue weighted by molar-refractivity contribution is 6.17. The minimum atomic E-state index is 0.611. The lowest BCUT2D eigenvalue weighted by molar-refractivity contribution is 0.668. The summed E-state index contributed by atoms with van der Waals surface area (Å²) in [6, 6.07) is 2.22. The first-order valence-corrected chi connectivity index (χ1v) is 5.53. The van der Waals surface area contributed by atoms with E-state index in [9.17, 15) is 0 Å². The Morgan fingerprint density at radius 1 is 1.38 bits per heavy atom. The Labute approximate surface area is 86.4 Å². The first kappa shape index (κ1) is 12.5. The van der Waals surface area contributed by atoms with Crippen molar-refractivity contribution < 1.29 is 0 Å². The van der Waals surface area contributed by atoms with Gasteiger partial charge in [0, 0.05) is 11.5 Å². The highest BCUT2D eigenvalue weighted by Crippen LogP contribution is 2.10. The molecule has 0 saturated heterocycles. The van der Waals surface area contributed by atoms with E-state index in [0.29, 0.717) is 5.88 Å². The fourth-order valence-electron chi connectivity index (χ4n) is 1.17. The number of nitriles is 1. The van der Waals surface area contributed by atoms with E-state index in [4.69, 9.17) is 16.9 Å². The highest BCUT2D eigenvalue weighted by atomic mass is 35.5. The molecule has 0 aromatic heterocycles. The zero-order valence-electron chi connectivity index (χ0n) is 8.35. The second kappa shape index (κ2) is 9.61. The van der Waals surface area contributed by atoms with Gasteiger partial charge < -0.3 is 0 Å². The summed E-state index contributed by atoms with van der Waals surface area (Å²) in [5.74, 6) is 0.611. The third-order valence-electron chi connectivity index (χ3n) is 1.94. The third kappa shape index (κ3) is 7.87. The normalized spacial score (nSPS) is 11.3. The Morgan fingerprint density at radius 2 is 2.15 bits per heavy atom. The summed E-state index contributed by atoms with van der Waals surface area (Å²) < 4.78 is 0. The quantitative estimate of drug-likeness (QED) is 0.345. The molecule has 0 aliphatic heterocycles. The summed E-state index contributed by atoms with van der Waals surface area (Å²) in [4.78, 5) is 0. The number of hydrogen-bond acceptors (Lipinski definition) is 1. The molecule has 0 amide bonds. The van der Waals surface area contributed by atoms with Crippen LogP contribution in [0.4, 0.5) is 0 Å². The summed E-state index contributed by atoms with van der Waals surface area (Å²) in [5, 5.41) is 8.75. The van der Waals surface area contributed by atoms with E-state index >= 15 is 0 Å². The van der Waals surface area contributed by atoms with Gasteiger partial charge in [-0.05, 0) is 19.3 Å². The number of allylic oxidation sites excluding steroid dienone is 2. The molecule has 0 unspecified atom stereocenters. The summed E-state index contributed by atoms with van der Waals surface area (Å²) >= 11 is 5.53. The molecule has 0 saturated carbocycles. The standard InChI is InChI=1S/C11H18ClN/c1-2-3-4-5-7-11(10-13)8-6-9-12/h8H,2-7,9H2,1H3/b11-8-. The van der Waals surface area contributed by atoms with Gasteiger partial charge in [-0.2, -0.15) is 5.26 Å². The fourth-order valence-corrected chi connectivity index (χ4v) is 1.28. The Hall–Kier alpha value is -0.480. The van der Waals surface area contributed by atoms with Crippen molar-refractivity contribution in [3.05, 3.63) is 11.6 Å². The number of alkyl halides is 1. The molecule has 0 rings (SSSR count). The second-order valence-electron chi connectivity index (χ2n) is 3.13. The lowest BCUT2D eigenvalue weighted by atomic mass is 10.1. The van der Waals surface area contributed by atoms with Gasteiger partial charge in [-0.3, -0.25) is 0 Å². The first-order valence-electron chi connectivity index (χ1n) is 5.00. The Kier molecular flexibility index (Phi) is 9.25. The lowest BCUT2D eigenvalue weighted by Crippen LogP contribution is -1.82. The second-order valence-corrected chi connectivity index (χ2v) is 3.51. The van der Waals surface area contributed by atoms with Crippen LogP contribution >= 0.6 is 11.6 Å². The van der Waals surface area contributed by atoms with Crippen LogP contribution in [0.1, 0.15) is 45.4 Å². The molecule has 0 aliphatic carbocycles. The van der Waals surface area contributed by atoms with Gasteiger partial charge in [0.25, 0.3) is 0 Å². The van der Waals surface area contributed by atoms with E-state index in [1.165, 1.54) is 19.3 Å². The van der Waals surface area contributed by atoms with Crippen molar-refractivity contribution in [2.24, 2.45) is 0 Å². The molecule has 1 nitrogen and oxygen atoms in total. The molecule has 0 bridgehead atoms. The maximum absolute atomic E-state index is 8.75. The van der Waals surface area contributed by atoms with Crippen LogP contribution in [0.2, 0.25) is 0 Å². The minimum Gasteiger partial charge on any atom is -0.193 e. The summed E-state index contributed by atoms with van der Waals surface area (Å²) in [6.07, 6.45) is 8.58. The molecule has 13 heavy (non-hydrogen) atoms. The topological polar surface area (TPSA) is 23.8 Å². The lowest BCUT2D eigenvalue weighted by Gasteiger charge is -1.98. The highest BCUT2D eigenvalue weighted by Gasteiger charge is 1.94. The van der Waals surface area contributed by atoms with E-state index in [2.05, 4.69) is 13.0 Å². The van der Waals surface area contributed by atoms with Crippen LogP contribution in [-0.4, -0.2) is 5.88 Å². The van der Waals surface area contributed by atoms with Crippen molar-refractivity contribution in [1.29, 1.82) is 5.26 Å². The number of unbranched alkanes of at least 4 members (excludes halogenated alkanes) is 3. The van der Waals surface area contributed by atoms with Gasteiger partial charge >= 0.3 is 0 Å². The van der Waals surface area contributed by atoms with Gasteiger partial charge in [0.1, 0.15) is 0 Å². The average Bonchev–Trinajstić information content (AvgIpc) is 2.17. The molecule has 0 aromatic carbocycles. The van der Waals surface area contributed by atoms with Gasteiger partial charge in [-0.15, -0.1) is 11.6 Å². The molecule has 74 valence electrons. The molecule has 0 atom stereocenters. The molecule has 0 aliphatic rings. The maximum atomic E-state index is 8.75. The minimum absolute atomic E-state index is 0.611. The van der Waals surface area contributed by atoms with Crippen LogP contribution in [0.25, 0.3) is 0 Å². The summed E-state index contributed by atoms with van der Waals surface area (Å²) in [5.41, 5.74) is 0.900. The van der Waals surface area contributed by atoms with Gasteiger partial charge in [0.15, 0.2) is 0 Å². The van der Waals surface area contributed by atoms with Gasteiger partial charge in [-0.25, -0.2) is 0 Å². The van der Waals surface area contributed by atoms with Crippen molar-refractivity contribution in [1.82, 2.24) is 0 Å². The summed E-state index contributed by atoms with van der Waals surface area (Å²) in [6.45, 7) is 2.19. The molecule has 0 aromatic rings. The Morgan fingerprint density at radius 3 is 2.69 bits per heavy atom. The SMILES string of the molecule is CCCCCC/C(C#N)=C/CCCl. The van der Waals surface area contributed by atoms with E-state index in [1.807, 2.05) is 6.08 Å². The van der Waals surface area contributed by atoms with Crippen LogP contribution in [-0.2, 0) is 0 Å². The third-order valence-corrected chi connectivity index (χ3v) is 2.16. The van der Waals surface area contributed by atoms with Crippen molar-refractivity contribution >= 4 is 11.6 Å². The molecule has 0 radical (unpaired) electrons. The van der Waals surface area contributed by atoms with Crippen LogP contribution in [0.15, 0.2) is 11.6 Å². The van der Waals surface area contributed by atoms with E-state index < -0.39 is 0 Å². The van der Waals surface area contributed by atoms with Crippen molar-refractivity contribution in [3.63, 3.8) is 0 Å². The largest absolute Gasteiger partial charge is 0.193 e. The maximum Gasteiger partial charge on any atom is 0.0943 e. The average molecular weight is 200 g/mol. The number of halogens is 1. The van der Waals surface area contributed by atoms with Crippen LogP contribution in [0.3, 0.4) is 0 Å². The fraction of sp³-hybridized carbons (Fsp3) is 0.727. The molecular weight excluding hydrogens is 182 g/mol. The predicted octanol–water partition coefficient (Wildman–Crippen LogP) is 4.04. The van der Waals surface area contributed by atoms with Crippen molar-refractivity contribution in [2.75, 3.05) is 5.88 Å². The van der Waals surface area contributed by atoms with E-state index in [-0.39, 0.29) is 0 Å². The molecule has 2 heteroatoms. The number of hydrogen-bond donors (Lipinski definition) is 0. The first-order chi connectivity index (χ1) is 6.35. The zero-order valence-corrected chi connectivity index (χ0v) is 9.11. The van der Waals surface area contributed by atoms with Crippen LogP contribution in [0, 0.1) is 11.3 Å². The summed E-state index contributed by atoms with van der Waals surface area (Å²) in [7, 11) is 0. The molecule has 0 N–H and O–H groups in total. The Bertz CT molecular complexity index is 179. The van der Waals surface area contributed by atoms with E-state index in [0.717, 1.165) is 24.8 Å². The number of rotatable bonds is 7.